The monoisotopic (exact) mass is 340 g/mol. The molecule has 1 heterocycles. The third-order valence-corrected chi connectivity index (χ3v) is 4.34. The number of nitrogens with zero attached hydrogens (tertiary/aromatic N) is 2. The van der Waals surface area contributed by atoms with Gasteiger partial charge in [-0.2, -0.15) is 0 Å². The van der Waals surface area contributed by atoms with Gasteiger partial charge in [-0.25, -0.2) is 0 Å². The van der Waals surface area contributed by atoms with Crippen LogP contribution < -0.4 is 10.6 Å². The summed E-state index contributed by atoms with van der Waals surface area (Å²) < 4.78 is 2.08. The summed E-state index contributed by atoms with van der Waals surface area (Å²) in [6.45, 7) is 14.1. The molecule has 0 bridgehead atoms. The molecule has 0 unspecified atom stereocenters. The molecule has 25 heavy (non-hydrogen) atoms. The van der Waals surface area contributed by atoms with Crippen LogP contribution >= 0.6 is 0 Å². The van der Waals surface area contributed by atoms with Gasteiger partial charge in [0.2, 0.25) is 5.91 Å². The van der Waals surface area contributed by atoms with E-state index in [0.29, 0.717) is 0 Å². The van der Waals surface area contributed by atoms with Crippen LogP contribution in [0.2, 0.25) is 0 Å². The van der Waals surface area contributed by atoms with E-state index < -0.39 is 0 Å². The van der Waals surface area contributed by atoms with Crippen molar-refractivity contribution in [2.45, 2.75) is 53.9 Å². The molecule has 3 heteroatoms. The lowest BCUT2D eigenvalue weighted by molar-refractivity contribution is -0.124. The van der Waals surface area contributed by atoms with Crippen LogP contribution in [0.1, 0.15) is 53.0 Å². The van der Waals surface area contributed by atoms with Gasteiger partial charge in [-0.15, -0.1) is 0 Å². The fraction of sp³-hybridized carbons (Fsp3) is 0.409. The van der Waals surface area contributed by atoms with E-state index in [-0.39, 0.29) is 5.91 Å². The number of hydrogen-bond donors (Lipinski definition) is 0. The van der Waals surface area contributed by atoms with Gasteiger partial charge < -0.3 is 4.57 Å². The van der Waals surface area contributed by atoms with Crippen LogP contribution in [0.5, 0.6) is 0 Å². The van der Waals surface area contributed by atoms with Gasteiger partial charge in [0.25, 0.3) is 0 Å². The maximum absolute atomic E-state index is 12.2. The SMILES string of the molecule is C=c1c(CC)cn(C)/c1=C/C(=C\CC)N(/C=C\C(=C/C)CC)C(C)=O. The van der Waals surface area contributed by atoms with Gasteiger partial charge in [0.05, 0.1) is 0 Å². The maximum Gasteiger partial charge on any atom is 0.227 e. The van der Waals surface area contributed by atoms with Crippen LogP contribution in [0.3, 0.4) is 0 Å². The number of allylic oxidation sites excluding steroid dienone is 5. The number of carbonyl (C=O) groups excluding carboxylic acids is 1. The highest BCUT2D eigenvalue weighted by molar-refractivity contribution is 5.79. The minimum Gasteiger partial charge on any atom is -0.350 e. The summed E-state index contributed by atoms with van der Waals surface area (Å²) in [5.74, 6) is -0.00528. The number of carbonyl (C=O) groups is 1. The second-order valence-electron chi connectivity index (χ2n) is 6.09. The first kappa shape index (κ1) is 20.8. The predicted molar refractivity (Wildman–Crippen MR) is 108 cm³/mol. The molecule has 0 atom stereocenters. The van der Waals surface area contributed by atoms with Crippen LogP contribution in [0.25, 0.3) is 12.7 Å². The Morgan fingerprint density at radius 1 is 1.32 bits per heavy atom. The fourth-order valence-corrected chi connectivity index (χ4v) is 2.79. The van der Waals surface area contributed by atoms with Crippen molar-refractivity contribution in [3.63, 3.8) is 0 Å². The molecule has 0 saturated heterocycles. The number of rotatable bonds is 7. The second kappa shape index (κ2) is 9.87. The summed E-state index contributed by atoms with van der Waals surface area (Å²) in [5, 5.41) is 2.07. The molecule has 1 aromatic heterocycles. The molecule has 0 spiro atoms. The molecule has 1 aromatic rings. The molecule has 0 radical (unpaired) electrons. The number of hydrogen-bond acceptors (Lipinski definition) is 1. The molecule has 0 aliphatic rings. The molecule has 0 aliphatic carbocycles. The van der Waals surface area contributed by atoms with Gasteiger partial charge in [0.15, 0.2) is 0 Å². The summed E-state index contributed by atoms with van der Waals surface area (Å²) in [7, 11) is 2.02. The Labute approximate surface area is 152 Å². The van der Waals surface area contributed by atoms with Crippen LogP contribution in [-0.2, 0) is 18.3 Å². The smallest absolute Gasteiger partial charge is 0.227 e. The zero-order chi connectivity index (χ0) is 19.0. The molecular weight excluding hydrogens is 308 g/mol. The van der Waals surface area contributed by atoms with Crippen molar-refractivity contribution in [2.75, 3.05) is 0 Å². The number of amides is 1. The number of aryl methyl sites for hydroxylation is 2. The van der Waals surface area contributed by atoms with E-state index in [4.69, 9.17) is 0 Å². The molecule has 0 aromatic carbocycles. The minimum absolute atomic E-state index is 0.00528. The Morgan fingerprint density at radius 3 is 2.44 bits per heavy atom. The van der Waals surface area contributed by atoms with E-state index in [1.165, 1.54) is 11.1 Å². The van der Waals surface area contributed by atoms with E-state index >= 15 is 0 Å². The average Bonchev–Trinajstić information content (AvgIpc) is 2.85. The molecule has 0 fully saturated rings. The summed E-state index contributed by atoms with van der Waals surface area (Å²) >= 11 is 0. The van der Waals surface area contributed by atoms with Crippen LogP contribution in [0.15, 0.2) is 41.9 Å². The maximum atomic E-state index is 12.2. The highest BCUT2D eigenvalue weighted by Crippen LogP contribution is 2.12. The van der Waals surface area contributed by atoms with E-state index in [1.807, 2.05) is 26.2 Å². The number of aromatic nitrogens is 1. The van der Waals surface area contributed by atoms with Gasteiger partial charge in [0, 0.05) is 37.4 Å². The van der Waals surface area contributed by atoms with Crippen molar-refractivity contribution in [2.24, 2.45) is 7.05 Å². The van der Waals surface area contributed by atoms with Gasteiger partial charge in [0.1, 0.15) is 0 Å². The van der Waals surface area contributed by atoms with Crippen molar-refractivity contribution in [1.82, 2.24) is 9.47 Å². The minimum atomic E-state index is -0.00528. The lowest BCUT2D eigenvalue weighted by Gasteiger charge is -2.18. The normalized spacial score (nSPS) is 13.8. The predicted octanol–water partition coefficient (Wildman–Crippen LogP) is 3.79. The molecule has 0 N–H and O–H groups in total. The van der Waals surface area contributed by atoms with Gasteiger partial charge in [-0.05, 0) is 49.1 Å². The zero-order valence-corrected chi connectivity index (χ0v) is 16.6. The first-order chi connectivity index (χ1) is 11.9. The second-order valence-corrected chi connectivity index (χ2v) is 6.09. The van der Waals surface area contributed by atoms with Gasteiger partial charge >= 0.3 is 0 Å². The van der Waals surface area contributed by atoms with Crippen molar-refractivity contribution in [1.29, 1.82) is 0 Å². The standard InChI is InChI=1S/C22H32N2O/c1-8-12-21(15-22-17(5)20(11-4)16-23(22)7)24(18(6)25)14-13-19(9-2)10-3/h9,12-16H,5,8,10-11H2,1-4,6-7H3/b14-13-,19-9-,21-12+,22-15+. The first-order valence-electron chi connectivity index (χ1n) is 9.07. The Bertz CT molecular complexity index is 791. The van der Waals surface area contributed by atoms with Crippen molar-refractivity contribution >= 4 is 18.6 Å². The average molecular weight is 341 g/mol. The summed E-state index contributed by atoms with van der Waals surface area (Å²) in [6, 6.07) is 0. The van der Waals surface area contributed by atoms with Crippen LogP contribution in [-0.4, -0.2) is 15.4 Å². The van der Waals surface area contributed by atoms with Crippen molar-refractivity contribution < 1.29 is 4.79 Å². The Hall–Kier alpha value is -2.29. The molecule has 1 rings (SSSR count). The highest BCUT2D eigenvalue weighted by atomic mass is 16.2. The first-order valence-corrected chi connectivity index (χ1v) is 9.07. The third-order valence-electron chi connectivity index (χ3n) is 4.34. The third kappa shape index (κ3) is 5.35. The molecule has 1 amide bonds. The largest absolute Gasteiger partial charge is 0.350 e. The van der Waals surface area contributed by atoms with Crippen LogP contribution in [0, 0.1) is 0 Å². The van der Waals surface area contributed by atoms with Crippen LogP contribution in [0.4, 0.5) is 0 Å². The molecule has 3 nitrogen and oxygen atoms in total. The lowest BCUT2D eigenvalue weighted by Crippen LogP contribution is -2.30. The molecular formula is C22H32N2O. The van der Waals surface area contributed by atoms with E-state index in [1.54, 1.807) is 11.8 Å². The highest BCUT2D eigenvalue weighted by Gasteiger charge is 2.10. The Morgan fingerprint density at radius 2 is 2.00 bits per heavy atom. The Balaban J connectivity index is 3.45. The Kier molecular flexibility index (Phi) is 8.20. The topological polar surface area (TPSA) is 25.2 Å². The van der Waals surface area contributed by atoms with E-state index in [2.05, 4.69) is 56.3 Å². The molecule has 0 saturated carbocycles. The van der Waals surface area contributed by atoms with Crippen molar-refractivity contribution in [3.05, 3.63) is 58.0 Å². The van der Waals surface area contributed by atoms with E-state index in [0.717, 1.165) is 35.5 Å². The van der Waals surface area contributed by atoms with Crippen molar-refractivity contribution in [3.8, 4) is 0 Å². The zero-order valence-electron chi connectivity index (χ0n) is 16.6. The van der Waals surface area contributed by atoms with Gasteiger partial charge in [-0.1, -0.05) is 45.1 Å². The molecule has 136 valence electrons. The fourth-order valence-electron chi connectivity index (χ4n) is 2.79. The quantitative estimate of drug-likeness (QED) is 0.693. The lowest BCUT2D eigenvalue weighted by atomic mass is 10.2. The molecule has 0 aliphatic heterocycles. The van der Waals surface area contributed by atoms with E-state index in [9.17, 15) is 4.79 Å². The summed E-state index contributed by atoms with van der Waals surface area (Å²) in [4.78, 5) is 14.0. The summed E-state index contributed by atoms with van der Waals surface area (Å²) in [5.41, 5.74) is 3.32. The summed E-state index contributed by atoms with van der Waals surface area (Å²) in [6.07, 6.45) is 14.9. The van der Waals surface area contributed by atoms with Gasteiger partial charge in [-0.3, -0.25) is 9.69 Å².